The second kappa shape index (κ2) is 5.44. The average Bonchev–Trinajstić information content (AvgIpc) is 2.72. The van der Waals surface area contributed by atoms with Crippen LogP contribution < -0.4 is 5.32 Å². The molecule has 0 spiro atoms. The molecule has 0 saturated carbocycles. The highest BCUT2D eigenvalue weighted by Gasteiger charge is 2.08. The summed E-state index contributed by atoms with van der Waals surface area (Å²) >= 11 is 1.77. The first kappa shape index (κ1) is 10.1. The lowest BCUT2D eigenvalue weighted by Gasteiger charge is -2.26. The molecule has 0 aromatic carbocycles. The Labute approximate surface area is 89.1 Å². The Morgan fingerprint density at radius 1 is 1.43 bits per heavy atom. The molecule has 1 fully saturated rings. The Bertz CT molecular complexity index is 242. The van der Waals surface area contributed by atoms with E-state index in [4.69, 9.17) is 0 Å². The van der Waals surface area contributed by atoms with Crippen molar-refractivity contribution in [1.82, 2.24) is 15.2 Å². The lowest BCUT2D eigenvalue weighted by molar-refractivity contribution is 0.238. The molecule has 0 radical (unpaired) electrons. The number of hydrogen-bond acceptors (Lipinski definition) is 4. The van der Waals surface area contributed by atoms with Crippen molar-refractivity contribution >= 4 is 11.3 Å². The van der Waals surface area contributed by atoms with Crippen LogP contribution in [0.1, 0.15) is 11.4 Å². The summed E-state index contributed by atoms with van der Waals surface area (Å²) in [6.07, 6.45) is 4.28. The highest BCUT2D eigenvalue weighted by Crippen LogP contribution is 2.07. The molecule has 1 aromatic rings. The molecule has 78 valence electrons. The van der Waals surface area contributed by atoms with Gasteiger partial charge in [0, 0.05) is 44.2 Å². The predicted octanol–water partition coefficient (Wildman–Crippen LogP) is 0.981. The van der Waals surface area contributed by atoms with E-state index in [9.17, 15) is 0 Å². The molecule has 2 rings (SSSR count). The van der Waals surface area contributed by atoms with E-state index < -0.39 is 0 Å². The summed E-state index contributed by atoms with van der Waals surface area (Å²) < 4.78 is 0. The fourth-order valence-corrected chi connectivity index (χ4v) is 2.43. The second-order valence-electron chi connectivity index (χ2n) is 3.62. The Morgan fingerprint density at radius 3 is 3.00 bits per heavy atom. The minimum absolute atomic E-state index is 1.14. The molecule has 1 saturated heterocycles. The molecular formula is C10H17N3S. The van der Waals surface area contributed by atoms with Crippen molar-refractivity contribution in [3.63, 3.8) is 0 Å². The minimum atomic E-state index is 1.14. The van der Waals surface area contributed by atoms with Gasteiger partial charge in [0.1, 0.15) is 0 Å². The maximum Gasteiger partial charge on any atom is 0.0925 e. The Hall–Kier alpha value is -0.450. The maximum atomic E-state index is 4.29. The van der Waals surface area contributed by atoms with Crippen molar-refractivity contribution in [2.24, 2.45) is 0 Å². The summed E-state index contributed by atoms with van der Waals surface area (Å²) in [5, 5.41) is 6.70. The molecule has 0 aliphatic carbocycles. The van der Waals surface area contributed by atoms with Crippen LogP contribution in [0.15, 0.2) is 11.6 Å². The highest BCUT2D eigenvalue weighted by atomic mass is 32.1. The van der Waals surface area contributed by atoms with Crippen molar-refractivity contribution in [2.75, 3.05) is 32.7 Å². The molecule has 1 aliphatic rings. The van der Waals surface area contributed by atoms with Crippen LogP contribution in [0.4, 0.5) is 0 Å². The van der Waals surface area contributed by atoms with E-state index in [0.717, 1.165) is 19.5 Å². The molecule has 1 N–H and O–H groups in total. The van der Waals surface area contributed by atoms with Crippen LogP contribution in [0.2, 0.25) is 0 Å². The van der Waals surface area contributed by atoms with E-state index in [1.807, 2.05) is 6.20 Å². The first-order valence-corrected chi connectivity index (χ1v) is 6.14. The number of nitrogens with one attached hydrogen (secondary N) is 1. The van der Waals surface area contributed by atoms with E-state index in [1.54, 1.807) is 11.3 Å². The zero-order chi connectivity index (χ0) is 9.64. The summed E-state index contributed by atoms with van der Waals surface area (Å²) in [6.45, 7) is 5.94. The fraction of sp³-hybridized carbons (Fsp3) is 0.700. The number of aromatic nitrogens is 1. The lowest BCUT2D eigenvalue weighted by Crippen LogP contribution is -2.43. The number of rotatable bonds is 4. The van der Waals surface area contributed by atoms with Crippen molar-refractivity contribution in [3.05, 3.63) is 16.6 Å². The third kappa shape index (κ3) is 3.04. The highest BCUT2D eigenvalue weighted by molar-refractivity contribution is 7.09. The monoisotopic (exact) mass is 211 g/mol. The molecule has 1 aromatic heterocycles. The van der Waals surface area contributed by atoms with Gasteiger partial charge in [-0.25, -0.2) is 4.98 Å². The van der Waals surface area contributed by atoms with Gasteiger partial charge in [-0.3, -0.25) is 0 Å². The van der Waals surface area contributed by atoms with Gasteiger partial charge in [0.25, 0.3) is 0 Å². The van der Waals surface area contributed by atoms with E-state index in [0.29, 0.717) is 0 Å². The van der Waals surface area contributed by atoms with E-state index in [2.05, 4.69) is 20.6 Å². The Kier molecular flexibility index (Phi) is 3.91. The summed E-state index contributed by atoms with van der Waals surface area (Å²) in [4.78, 5) is 6.82. The van der Waals surface area contributed by atoms with Crippen LogP contribution in [0.5, 0.6) is 0 Å². The normalized spacial score (nSPS) is 18.6. The van der Waals surface area contributed by atoms with E-state index in [1.165, 1.54) is 31.1 Å². The Morgan fingerprint density at radius 2 is 2.29 bits per heavy atom. The van der Waals surface area contributed by atoms with Gasteiger partial charge in [-0.2, -0.15) is 0 Å². The van der Waals surface area contributed by atoms with E-state index >= 15 is 0 Å². The fourth-order valence-electron chi connectivity index (χ4n) is 1.77. The standard InChI is InChI=1S/C10H17N3S/c1(2-10-12-5-9-14-10)6-13-7-3-11-4-8-13/h5,9,11H,1-4,6-8H2. The van der Waals surface area contributed by atoms with Gasteiger partial charge in [-0.15, -0.1) is 11.3 Å². The number of thiazole rings is 1. The zero-order valence-corrected chi connectivity index (χ0v) is 9.22. The van der Waals surface area contributed by atoms with Crippen molar-refractivity contribution in [1.29, 1.82) is 0 Å². The van der Waals surface area contributed by atoms with Crippen LogP contribution >= 0.6 is 11.3 Å². The molecule has 3 nitrogen and oxygen atoms in total. The van der Waals surface area contributed by atoms with Crippen LogP contribution in [0, 0.1) is 0 Å². The number of aryl methyl sites for hydroxylation is 1. The third-order valence-electron chi connectivity index (χ3n) is 2.56. The van der Waals surface area contributed by atoms with Gasteiger partial charge in [-0.05, 0) is 13.0 Å². The zero-order valence-electron chi connectivity index (χ0n) is 8.41. The molecule has 2 heterocycles. The minimum Gasteiger partial charge on any atom is -0.314 e. The molecule has 4 heteroatoms. The van der Waals surface area contributed by atoms with Gasteiger partial charge in [0.05, 0.1) is 5.01 Å². The van der Waals surface area contributed by atoms with Gasteiger partial charge in [0.15, 0.2) is 0 Å². The largest absolute Gasteiger partial charge is 0.314 e. The van der Waals surface area contributed by atoms with Crippen LogP contribution in [0.25, 0.3) is 0 Å². The number of hydrogen-bond donors (Lipinski definition) is 1. The quantitative estimate of drug-likeness (QED) is 0.805. The molecule has 0 atom stereocenters. The lowest BCUT2D eigenvalue weighted by atomic mass is 10.2. The van der Waals surface area contributed by atoms with Crippen molar-refractivity contribution in [3.8, 4) is 0 Å². The molecule has 1 aliphatic heterocycles. The molecule has 0 amide bonds. The van der Waals surface area contributed by atoms with E-state index in [-0.39, 0.29) is 0 Å². The molecule has 0 unspecified atom stereocenters. The average molecular weight is 211 g/mol. The SMILES string of the molecule is c1csc(CCCN2CCNCC2)n1. The first-order chi connectivity index (χ1) is 6.95. The second-order valence-corrected chi connectivity index (χ2v) is 4.60. The number of piperazine rings is 1. The van der Waals surface area contributed by atoms with Crippen LogP contribution in [-0.4, -0.2) is 42.6 Å². The van der Waals surface area contributed by atoms with Gasteiger partial charge >= 0.3 is 0 Å². The smallest absolute Gasteiger partial charge is 0.0925 e. The topological polar surface area (TPSA) is 28.2 Å². The number of nitrogens with zero attached hydrogens (tertiary/aromatic N) is 2. The maximum absolute atomic E-state index is 4.29. The predicted molar refractivity (Wildman–Crippen MR) is 59.7 cm³/mol. The Balaban J connectivity index is 1.62. The van der Waals surface area contributed by atoms with Crippen molar-refractivity contribution in [2.45, 2.75) is 12.8 Å². The third-order valence-corrected chi connectivity index (χ3v) is 3.40. The summed E-state index contributed by atoms with van der Waals surface area (Å²) in [5.74, 6) is 0. The van der Waals surface area contributed by atoms with Crippen molar-refractivity contribution < 1.29 is 0 Å². The summed E-state index contributed by atoms with van der Waals surface area (Å²) in [6, 6.07) is 0. The van der Waals surface area contributed by atoms with Crippen LogP contribution in [-0.2, 0) is 6.42 Å². The van der Waals surface area contributed by atoms with Crippen LogP contribution in [0.3, 0.4) is 0 Å². The molecule has 14 heavy (non-hydrogen) atoms. The molecular weight excluding hydrogens is 194 g/mol. The van der Waals surface area contributed by atoms with Gasteiger partial charge in [-0.1, -0.05) is 0 Å². The van der Waals surface area contributed by atoms with Gasteiger partial charge < -0.3 is 10.2 Å². The molecule has 0 bridgehead atoms. The summed E-state index contributed by atoms with van der Waals surface area (Å²) in [7, 11) is 0. The first-order valence-electron chi connectivity index (χ1n) is 5.26. The summed E-state index contributed by atoms with van der Waals surface area (Å²) in [5.41, 5.74) is 0. The van der Waals surface area contributed by atoms with Gasteiger partial charge in [0.2, 0.25) is 0 Å².